The molecule has 1 aliphatic rings. The highest BCUT2D eigenvalue weighted by atomic mass is 35.5. The lowest BCUT2D eigenvalue weighted by molar-refractivity contribution is 0.480. The first-order valence-corrected chi connectivity index (χ1v) is 4.56. The minimum absolute atomic E-state index is 0. The van der Waals surface area contributed by atoms with Gasteiger partial charge in [-0.2, -0.15) is 0 Å². The molecule has 1 atom stereocenters. The molecule has 0 saturated carbocycles. The van der Waals surface area contributed by atoms with Crippen molar-refractivity contribution in [3.63, 3.8) is 0 Å². The lowest BCUT2D eigenvalue weighted by Crippen LogP contribution is -2.14. The monoisotopic (exact) mass is 237 g/mol. The van der Waals surface area contributed by atoms with Crippen LogP contribution >= 0.6 is 12.4 Å². The summed E-state index contributed by atoms with van der Waals surface area (Å²) < 4.78 is 38.7. The topological polar surface area (TPSA) is 12.0 Å². The lowest BCUT2D eigenvalue weighted by atomic mass is 10.0. The third kappa shape index (κ3) is 2.44. The third-order valence-corrected chi connectivity index (χ3v) is 2.48. The molecular weight excluding hydrogens is 227 g/mol. The maximum Gasteiger partial charge on any atom is 0.161 e. The molecule has 1 aliphatic heterocycles. The molecule has 2 rings (SSSR count). The highest BCUT2D eigenvalue weighted by molar-refractivity contribution is 5.85. The Labute approximate surface area is 92.1 Å². The second kappa shape index (κ2) is 4.86. The van der Waals surface area contributed by atoms with Gasteiger partial charge in [-0.25, -0.2) is 13.2 Å². The summed E-state index contributed by atoms with van der Waals surface area (Å²) in [5, 5.41) is 3.03. The lowest BCUT2D eigenvalue weighted by Gasteiger charge is -2.11. The van der Waals surface area contributed by atoms with Crippen LogP contribution in [0.4, 0.5) is 13.2 Å². The minimum Gasteiger partial charge on any atom is -0.310 e. The molecule has 1 nitrogen and oxygen atoms in total. The van der Waals surface area contributed by atoms with E-state index < -0.39 is 17.5 Å². The van der Waals surface area contributed by atoms with Crippen LogP contribution in [0.15, 0.2) is 12.1 Å². The van der Waals surface area contributed by atoms with E-state index in [4.69, 9.17) is 0 Å². The highest BCUT2D eigenvalue weighted by Gasteiger charge is 2.21. The molecule has 0 unspecified atom stereocenters. The van der Waals surface area contributed by atoms with E-state index >= 15 is 0 Å². The molecule has 0 amide bonds. The average molecular weight is 238 g/mol. The third-order valence-electron chi connectivity index (χ3n) is 2.48. The molecule has 5 heteroatoms. The van der Waals surface area contributed by atoms with Crippen molar-refractivity contribution in [1.29, 1.82) is 0 Å². The normalized spacial score (nSPS) is 20.1. The number of hydrogen-bond donors (Lipinski definition) is 1. The van der Waals surface area contributed by atoms with Crippen molar-refractivity contribution in [3.8, 4) is 0 Å². The summed E-state index contributed by atoms with van der Waals surface area (Å²) in [6.07, 6.45) is 1.70. The van der Waals surface area contributed by atoms with Crippen LogP contribution in [0.2, 0.25) is 0 Å². The quantitative estimate of drug-likeness (QED) is 0.741. The van der Waals surface area contributed by atoms with Crippen molar-refractivity contribution in [2.75, 3.05) is 6.54 Å². The zero-order chi connectivity index (χ0) is 10.1. The summed E-state index contributed by atoms with van der Waals surface area (Å²) in [4.78, 5) is 0. The van der Waals surface area contributed by atoms with Crippen molar-refractivity contribution < 1.29 is 13.2 Å². The largest absolute Gasteiger partial charge is 0.310 e. The molecule has 0 bridgehead atoms. The molecular formula is C10H11ClF3N. The molecule has 0 aromatic heterocycles. The Bertz CT molecular complexity index is 351. The van der Waals surface area contributed by atoms with Gasteiger partial charge in [-0.05, 0) is 25.5 Å². The van der Waals surface area contributed by atoms with Gasteiger partial charge in [0.2, 0.25) is 0 Å². The summed E-state index contributed by atoms with van der Waals surface area (Å²) in [6.45, 7) is 0.795. The van der Waals surface area contributed by atoms with Crippen molar-refractivity contribution in [2.45, 2.75) is 18.9 Å². The fraction of sp³-hybridized carbons (Fsp3) is 0.400. The maximum absolute atomic E-state index is 13.2. The summed E-state index contributed by atoms with van der Waals surface area (Å²) >= 11 is 0. The van der Waals surface area contributed by atoms with Crippen LogP contribution in [0.3, 0.4) is 0 Å². The number of halogens is 4. The van der Waals surface area contributed by atoms with Crippen LogP contribution in [0.5, 0.6) is 0 Å². The van der Waals surface area contributed by atoms with E-state index in [1.54, 1.807) is 0 Å². The van der Waals surface area contributed by atoms with E-state index in [1.165, 1.54) is 0 Å². The van der Waals surface area contributed by atoms with Crippen LogP contribution in [0.25, 0.3) is 0 Å². The van der Waals surface area contributed by atoms with Crippen LogP contribution in [0, 0.1) is 17.5 Å². The van der Waals surface area contributed by atoms with Gasteiger partial charge in [-0.1, -0.05) is 0 Å². The van der Waals surface area contributed by atoms with Crippen molar-refractivity contribution in [2.24, 2.45) is 0 Å². The van der Waals surface area contributed by atoms with Crippen LogP contribution in [0.1, 0.15) is 24.4 Å². The Morgan fingerprint density at radius 2 is 1.73 bits per heavy atom. The molecule has 84 valence electrons. The number of nitrogens with one attached hydrogen (secondary N) is 1. The standard InChI is InChI=1S/C10H10F3N.ClH/c11-7-5-9(13)8(12)4-6(7)10-2-1-3-14-10;/h4-5,10,14H,1-3H2;1H/t10-;/m1./s1. The molecule has 0 spiro atoms. The van der Waals surface area contributed by atoms with Gasteiger partial charge in [0.1, 0.15) is 5.82 Å². The zero-order valence-corrected chi connectivity index (χ0v) is 8.71. The summed E-state index contributed by atoms with van der Waals surface area (Å²) in [7, 11) is 0. The SMILES string of the molecule is Cl.Fc1cc(F)c([C@H]2CCCN2)cc1F. The molecule has 1 aromatic carbocycles. The molecule has 1 fully saturated rings. The number of hydrogen-bond acceptors (Lipinski definition) is 1. The van der Waals surface area contributed by atoms with Gasteiger partial charge in [-0.15, -0.1) is 12.4 Å². The first-order chi connectivity index (χ1) is 6.68. The molecule has 1 saturated heterocycles. The van der Waals surface area contributed by atoms with E-state index in [2.05, 4.69) is 5.32 Å². The molecule has 0 radical (unpaired) electrons. The predicted molar refractivity (Wildman–Crippen MR) is 53.5 cm³/mol. The number of benzene rings is 1. The van der Waals surface area contributed by atoms with Gasteiger partial charge < -0.3 is 5.32 Å². The van der Waals surface area contributed by atoms with Gasteiger partial charge in [0.05, 0.1) is 0 Å². The van der Waals surface area contributed by atoms with Crippen LogP contribution in [-0.4, -0.2) is 6.54 Å². The number of rotatable bonds is 1. The summed E-state index contributed by atoms with van der Waals surface area (Å²) in [5.41, 5.74) is 0.224. The first kappa shape index (κ1) is 12.3. The van der Waals surface area contributed by atoms with E-state index in [-0.39, 0.29) is 24.0 Å². The van der Waals surface area contributed by atoms with Gasteiger partial charge in [-0.3, -0.25) is 0 Å². The van der Waals surface area contributed by atoms with E-state index in [0.717, 1.165) is 25.5 Å². The van der Waals surface area contributed by atoms with Crippen molar-refractivity contribution in [3.05, 3.63) is 35.1 Å². The van der Waals surface area contributed by atoms with Gasteiger partial charge in [0, 0.05) is 17.7 Å². The van der Waals surface area contributed by atoms with Gasteiger partial charge in [0.25, 0.3) is 0 Å². The maximum atomic E-state index is 13.2. The smallest absolute Gasteiger partial charge is 0.161 e. The van der Waals surface area contributed by atoms with Gasteiger partial charge in [0.15, 0.2) is 11.6 Å². The average Bonchev–Trinajstić information content (AvgIpc) is 2.64. The fourth-order valence-corrected chi connectivity index (χ4v) is 1.75. The predicted octanol–water partition coefficient (Wildman–Crippen LogP) is 2.95. The molecule has 1 N–H and O–H groups in total. The fourth-order valence-electron chi connectivity index (χ4n) is 1.75. The van der Waals surface area contributed by atoms with Crippen molar-refractivity contribution in [1.82, 2.24) is 5.32 Å². The second-order valence-corrected chi connectivity index (χ2v) is 3.44. The second-order valence-electron chi connectivity index (χ2n) is 3.44. The Morgan fingerprint density at radius 1 is 1.07 bits per heavy atom. The molecule has 15 heavy (non-hydrogen) atoms. The first-order valence-electron chi connectivity index (χ1n) is 4.56. The Kier molecular flexibility index (Phi) is 3.99. The summed E-state index contributed by atoms with van der Waals surface area (Å²) in [5.74, 6) is -2.80. The minimum atomic E-state index is -1.13. The Hall–Kier alpha value is -0.740. The zero-order valence-electron chi connectivity index (χ0n) is 7.90. The molecule has 0 aliphatic carbocycles. The van der Waals surface area contributed by atoms with Crippen LogP contribution < -0.4 is 5.32 Å². The summed E-state index contributed by atoms with van der Waals surface area (Å²) in [6, 6.07) is 1.36. The molecule has 1 aromatic rings. The van der Waals surface area contributed by atoms with E-state index in [0.29, 0.717) is 6.07 Å². The Balaban J connectivity index is 0.00000112. The van der Waals surface area contributed by atoms with Gasteiger partial charge >= 0.3 is 0 Å². The Morgan fingerprint density at radius 3 is 2.33 bits per heavy atom. The van der Waals surface area contributed by atoms with E-state index in [9.17, 15) is 13.2 Å². The van der Waals surface area contributed by atoms with Crippen molar-refractivity contribution >= 4 is 12.4 Å². The molecule has 1 heterocycles. The van der Waals surface area contributed by atoms with Crippen LogP contribution in [-0.2, 0) is 0 Å². The van der Waals surface area contributed by atoms with E-state index in [1.807, 2.05) is 0 Å². The highest BCUT2D eigenvalue weighted by Crippen LogP contribution is 2.26.